The third kappa shape index (κ3) is 3.70. The Morgan fingerprint density at radius 1 is 0.960 bits per heavy atom. The molecular formula is C19H25N3O2S. The van der Waals surface area contributed by atoms with Gasteiger partial charge in [0, 0.05) is 44.2 Å². The van der Waals surface area contributed by atoms with Crippen LogP contribution in [0.15, 0.2) is 29.2 Å². The number of carbonyl (C=O) groups is 2. The van der Waals surface area contributed by atoms with Crippen molar-refractivity contribution in [3.05, 3.63) is 29.8 Å². The van der Waals surface area contributed by atoms with Crippen LogP contribution in [0.2, 0.25) is 0 Å². The number of thioether (sulfide) groups is 1. The van der Waals surface area contributed by atoms with Crippen LogP contribution in [0, 0.1) is 0 Å². The maximum Gasteiger partial charge on any atom is 0.236 e. The fourth-order valence-electron chi connectivity index (χ4n) is 3.91. The molecular weight excluding hydrogens is 334 g/mol. The zero-order chi connectivity index (χ0) is 17.2. The monoisotopic (exact) mass is 359 g/mol. The van der Waals surface area contributed by atoms with Crippen LogP contribution in [0.4, 0.5) is 0 Å². The highest BCUT2D eigenvalue weighted by atomic mass is 32.2. The molecule has 0 saturated carbocycles. The molecule has 1 unspecified atom stereocenters. The lowest BCUT2D eigenvalue weighted by atomic mass is 10.1. The maximum absolute atomic E-state index is 12.8. The van der Waals surface area contributed by atoms with Crippen LogP contribution in [-0.2, 0) is 16.0 Å². The second-order valence-corrected chi connectivity index (χ2v) is 8.35. The number of rotatable bonds is 3. The fourth-order valence-corrected chi connectivity index (χ4v) is 5.19. The lowest BCUT2D eigenvalue weighted by molar-refractivity contribution is -0.134. The van der Waals surface area contributed by atoms with E-state index in [9.17, 15) is 9.59 Å². The molecule has 0 aliphatic carbocycles. The van der Waals surface area contributed by atoms with Gasteiger partial charge in [-0.1, -0.05) is 18.2 Å². The minimum Gasteiger partial charge on any atom is -0.342 e. The Kier molecular flexibility index (Phi) is 4.99. The Morgan fingerprint density at radius 3 is 2.40 bits per heavy atom. The first kappa shape index (κ1) is 16.9. The summed E-state index contributed by atoms with van der Waals surface area (Å²) in [5.74, 6) is 0.505. The van der Waals surface area contributed by atoms with Crippen LogP contribution in [0.1, 0.15) is 18.4 Å². The molecule has 6 heteroatoms. The van der Waals surface area contributed by atoms with Crippen LogP contribution >= 0.6 is 11.8 Å². The van der Waals surface area contributed by atoms with Gasteiger partial charge in [0.25, 0.3) is 0 Å². The molecule has 0 radical (unpaired) electrons. The molecule has 0 N–H and O–H groups in total. The van der Waals surface area contributed by atoms with E-state index in [1.54, 1.807) is 11.8 Å². The largest absolute Gasteiger partial charge is 0.342 e. The van der Waals surface area contributed by atoms with Crippen molar-refractivity contribution in [3.8, 4) is 0 Å². The van der Waals surface area contributed by atoms with E-state index in [4.69, 9.17) is 0 Å². The number of fused-ring (bicyclic) bond motifs is 1. The third-order valence-electron chi connectivity index (χ3n) is 5.42. The molecule has 1 aromatic carbocycles. The van der Waals surface area contributed by atoms with Crippen molar-refractivity contribution in [2.75, 3.05) is 45.8 Å². The Labute approximate surface area is 153 Å². The SMILES string of the molecule is O=C(CN1CCN(C(=O)C2Cc3ccccc3S2)CC1)N1CCCC1. The van der Waals surface area contributed by atoms with Gasteiger partial charge in [-0.05, 0) is 30.9 Å². The molecule has 0 spiro atoms. The number of hydrogen-bond donors (Lipinski definition) is 0. The second-order valence-electron chi connectivity index (χ2n) is 7.11. The van der Waals surface area contributed by atoms with E-state index in [0.29, 0.717) is 6.54 Å². The Balaban J connectivity index is 1.26. The predicted molar refractivity (Wildman–Crippen MR) is 98.6 cm³/mol. The van der Waals surface area contributed by atoms with Gasteiger partial charge in [0.05, 0.1) is 11.8 Å². The third-order valence-corrected chi connectivity index (χ3v) is 6.73. The molecule has 4 rings (SSSR count). The van der Waals surface area contributed by atoms with Gasteiger partial charge in [0.2, 0.25) is 11.8 Å². The fraction of sp³-hybridized carbons (Fsp3) is 0.579. The summed E-state index contributed by atoms with van der Waals surface area (Å²) in [6.07, 6.45) is 3.11. The molecule has 0 bridgehead atoms. The summed E-state index contributed by atoms with van der Waals surface area (Å²) in [5.41, 5.74) is 1.29. The van der Waals surface area contributed by atoms with Gasteiger partial charge < -0.3 is 9.80 Å². The molecule has 3 aliphatic rings. The molecule has 25 heavy (non-hydrogen) atoms. The quantitative estimate of drug-likeness (QED) is 0.820. The zero-order valence-electron chi connectivity index (χ0n) is 14.5. The lowest BCUT2D eigenvalue weighted by Gasteiger charge is -2.36. The number of piperazine rings is 1. The first-order valence-corrected chi connectivity index (χ1v) is 10.1. The average Bonchev–Trinajstić information content (AvgIpc) is 3.31. The van der Waals surface area contributed by atoms with Crippen LogP contribution < -0.4 is 0 Å². The van der Waals surface area contributed by atoms with Gasteiger partial charge in [-0.3, -0.25) is 14.5 Å². The molecule has 2 fully saturated rings. The predicted octanol–water partition coefficient (Wildman–Crippen LogP) is 1.47. The molecule has 5 nitrogen and oxygen atoms in total. The summed E-state index contributed by atoms with van der Waals surface area (Å²) in [7, 11) is 0. The van der Waals surface area contributed by atoms with Gasteiger partial charge in [-0.2, -0.15) is 0 Å². The summed E-state index contributed by atoms with van der Waals surface area (Å²) in [5, 5.41) is 0.0233. The Bertz CT molecular complexity index is 627. The molecule has 0 aromatic heterocycles. The van der Waals surface area contributed by atoms with Gasteiger partial charge in [-0.25, -0.2) is 0 Å². The van der Waals surface area contributed by atoms with Crippen molar-refractivity contribution in [2.24, 2.45) is 0 Å². The lowest BCUT2D eigenvalue weighted by Crippen LogP contribution is -2.53. The minimum absolute atomic E-state index is 0.0233. The highest BCUT2D eigenvalue weighted by Crippen LogP contribution is 2.37. The van der Waals surface area contributed by atoms with Crippen molar-refractivity contribution < 1.29 is 9.59 Å². The van der Waals surface area contributed by atoms with E-state index in [-0.39, 0.29) is 17.1 Å². The van der Waals surface area contributed by atoms with E-state index < -0.39 is 0 Å². The summed E-state index contributed by atoms with van der Waals surface area (Å²) < 4.78 is 0. The van der Waals surface area contributed by atoms with Gasteiger partial charge in [0.15, 0.2) is 0 Å². The van der Waals surface area contributed by atoms with Crippen molar-refractivity contribution in [1.82, 2.24) is 14.7 Å². The number of nitrogens with zero attached hydrogens (tertiary/aromatic N) is 3. The van der Waals surface area contributed by atoms with Crippen molar-refractivity contribution in [3.63, 3.8) is 0 Å². The van der Waals surface area contributed by atoms with E-state index in [0.717, 1.165) is 58.5 Å². The Morgan fingerprint density at radius 2 is 1.68 bits per heavy atom. The normalized spacial score (nSPS) is 23.8. The van der Waals surface area contributed by atoms with E-state index in [1.165, 1.54) is 10.5 Å². The highest BCUT2D eigenvalue weighted by Gasteiger charge is 2.33. The molecule has 2 saturated heterocycles. The van der Waals surface area contributed by atoms with Crippen molar-refractivity contribution in [1.29, 1.82) is 0 Å². The Hall–Kier alpha value is -1.53. The van der Waals surface area contributed by atoms with Gasteiger partial charge >= 0.3 is 0 Å². The molecule has 134 valence electrons. The van der Waals surface area contributed by atoms with Crippen LogP contribution in [0.5, 0.6) is 0 Å². The van der Waals surface area contributed by atoms with Crippen LogP contribution in [0.25, 0.3) is 0 Å². The first-order chi connectivity index (χ1) is 12.2. The highest BCUT2D eigenvalue weighted by molar-refractivity contribution is 8.01. The van der Waals surface area contributed by atoms with Gasteiger partial charge in [0.1, 0.15) is 0 Å². The average molecular weight is 359 g/mol. The summed E-state index contributed by atoms with van der Waals surface area (Å²) in [6, 6.07) is 8.31. The molecule has 2 amide bonds. The number of carbonyl (C=O) groups excluding carboxylic acids is 2. The smallest absolute Gasteiger partial charge is 0.236 e. The summed E-state index contributed by atoms with van der Waals surface area (Å²) in [4.78, 5) is 32.5. The van der Waals surface area contributed by atoms with Crippen LogP contribution in [-0.4, -0.2) is 77.6 Å². The summed E-state index contributed by atoms with van der Waals surface area (Å²) in [6.45, 7) is 5.41. The number of benzene rings is 1. The van der Waals surface area contributed by atoms with E-state index in [1.807, 2.05) is 21.9 Å². The number of amides is 2. The number of hydrogen-bond acceptors (Lipinski definition) is 4. The second kappa shape index (κ2) is 7.38. The standard InChI is InChI=1S/C19H25N3O2S/c23-18(21-7-3-4-8-21)14-20-9-11-22(12-10-20)19(24)17-13-15-5-1-2-6-16(15)25-17/h1-2,5-6,17H,3-4,7-14H2. The molecule has 3 aliphatic heterocycles. The number of likely N-dealkylation sites (tertiary alicyclic amines) is 1. The van der Waals surface area contributed by atoms with Crippen molar-refractivity contribution in [2.45, 2.75) is 29.4 Å². The summed E-state index contributed by atoms with van der Waals surface area (Å²) >= 11 is 1.70. The molecule has 3 heterocycles. The topological polar surface area (TPSA) is 43.9 Å². The van der Waals surface area contributed by atoms with E-state index in [2.05, 4.69) is 17.0 Å². The maximum atomic E-state index is 12.8. The molecule has 1 aromatic rings. The minimum atomic E-state index is 0.0233. The van der Waals surface area contributed by atoms with E-state index >= 15 is 0 Å². The zero-order valence-corrected chi connectivity index (χ0v) is 15.3. The van der Waals surface area contributed by atoms with Crippen LogP contribution in [0.3, 0.4) is 0 Å². The first-order valence-electron chi connectivity index (χ1n) is 9.24. The molecule has 1 atom stereocenters. The van der Waals surface area contributed by atoms with Crippen molar-refractivity contribution >= 4 is 23.6 Å². The van der Waals surface area contributed by atoms with Gasteiger partial charge in [-0.15, -0.1) is 11.8 Å².